The number of halogens is 10. The highest BCUT2D eigenvalue weighted by Gasteiger charge is 2.32. The van der Waals surface area contributed by atoms with Crippen molar-refractivity contribution in [2.75, 3.05) is 0 Å². The van der Waals surface area contributed by atoms with Gasteiger partial charge in [-0.15, -0.1) is 0 Å². The molecule has 0 aliphatic carbocycles. The third-order valence-electron chi connectivity index (χ3n) is 3.51. The predicted octanol–water partition coefficient (Wildman–Crippen LogP) is 5.50. The molecular formula is C15H6F10. The first kappa shape index (κ1) is 19.1. The van der Waals surface area contributed by atoms with Crippen LogP contribution in [0.5, 0.6) is 0 Å². The Balaban J connectivity index is 2.58. The topological polar surface area (TPSA) is 0 Å². The number of rotatable bonds is 3. The molecular weight excluding hydrogens is 370 g/mol. The van der Waals surface area contributed by atoms with Gasteiger partial charge in [-0.05, 0) is 6.92 Å². The second-order valence-corrected chi connectivity index (χ2v) is 5.01. The summed E-state index contributed by atoms with van der Waals surface area (Å²) >= 11 is 0. The monoisotopic (exact) mass is 376 g/mol. The zero-order valence-corrected chi connectivity index (χ0v) is 12.1. The van der Waals surface area contributed by atoms with E-state index >= 15 is 0 Å². The molecule has 0 aliphatic rings. The molecule has 0 N–H and O–H groups in total. The summed E-state index contributed by atoms with van der Waals surface area (Å²) in [5.41, 5.74) is -4.68. The summed E-state index contributed by atoms with van der Waals surface area (Å²) in [6.45, 7) is 0.651. The molecule has 0 heterocycles. The van der Waals surface area contributed by atoms with Gasteiger partial charge in [0, 0.05) is 17.5 Å². The third kappa shape index (κ3) is 2.93. The highest BCUT2D eigenvalue weighted by molar-refractivity contribution is 5.33. The lowest BCUT2D eigenvalue weighted by Crippen LogP contribution is -2.13. The standard InChI is InChI=1S/C15H6F10/c1-3-7(17)11(21)6(12(22)8(3)18)5(16)2-4-9(19)13(23)15(25)14(24)10(4)20/h5H,2H2,1H3. The Hall–Kier alpha value is -2.26. The van der Waals surface area contributed by atoms with E-state index in [1.807, 2.05) is 0 Å². The molecule has 0 fully saturated rings. The maximum atomic E-state index is 14.1. The largest absolute Gasteiger partial charge is 0.242 e. The summed E-state index contributed by atoms with van der Waals surface area (Å²) in [7, 11) is 0. The van der Waals surface area contributed by atoms with Crippen LogP contribution in [0.25, 0.3) is 0 Å². The van der Waals surface area contributed by atoms with Crippen LogP contribution in [0.2, 0.25) is 0 Å². The minimum absolute atomic E-state index is 0.651. The lowest BCUT2D eigenvalue weighted by molar-refractivity contribution is 0.292. The molecule has 0 nitrogen and oxygen atoms in total. The first-order valence-corrected chi connectivity index (χ1v) is 6.47. The van der Waals surface area contributed by atoms with Crippen LogP contribution in [-0.4, -0.2) is 0 Å². The van der Waals surface area contributed by atoms with E-state index in [9.17, 15) is 43.9 Å². The van der Waals surface area contributed by atoms with Gasteiger partial charge in [0.1, 0.15) is 6.17 Å². The Labute approximate surface area is 133 Å². The molecule has 1 atom stereocenters. The molecule has 0 aromatic heterocycles. The lowest BCUT2D eigenvalue weighted by atomic mass is 9.98. The molecule has 0 radical (unpaired) electrons. The van der Waals surface area contributed by atoms with E-state index in [-0.39, 0.29) is 0 Å². The number of alkyl halides is 1. The second-order valence-electron chi connectivity index (χ2n) is 5.01. The maximum absolute atomic E-state index is 14.1. The quantitative estimate of drug-likeness (QED) is 0.377. The zero-order chi connectivity index (χ0) is 19.2. The first-order valence-electron chi connectivity index (χ1n) is 6.47. The normalized spacial score (nSPS) is 12.6. The fraction of sp³-hybridized carbons (Fsp3) is 0.200. The third-order valence-corrected chi connectivity index (χ3v) is 3.51. The van der Waals surface area contributed by atoms with Crippen LogP contribution >= 0.6 is 0 Å². The molecule has 0 aliphatic heterocycles. The lowest BCUT2D eigenvalue weighted by Gasteiger charge is -2.15. The van der Waals surface area contributed by atoms with E-state index < -0.39 is 81.6 Å². The Morgan fingerprint density at radius 2 is 0.920 bits per heavy atom. The minimum atomic E-state index is -3.13. The van der Waals surface area contributed by atoms with Crippen LogP contribution in [0.1, 0.15) is 22.9 Å². The van der Waals surface area contributed by atoms with E-state index in [4.69, 9.17) is 0 Å². The van der Waals surface area contributed by atoms with Crippen LogP contribution in [0.4, 0.5) is 43.9 Å². The fourth-order valence-corrected chi connectivity index (χ4v) is 2.14. The Morgan fingerprint density at radius 1 is 0.560 bits per heavy atom. The van der Waals surface area contributed by atoms with Crippen molar-refractivity contribution in [1.82, 2.24) is 0 Å². The van der Waals surface area contributed by atoms with Crippen molar-refractivity contribution in [3.8, 4) is 0 Å². The van der Waals surface area contributed by atoms with Gasteiger partial charge in [0.25, 0.3) is 0 Å². The van der Waals surface area contributed by atoms with Crippen LogP contribution in [0.15, 0.2) is 0 Å². The summed E-state index contributed by atoms with van der Waals surface area (Å²) in [6.07, 6.45) is -4.88. The van der Waals surface area contributed by atoms with Crippen molar-refractivity contribution in [1.29, 1.82) is 0 Å². The molecule has 136 valence electrons. The highest BCUT2D eigenvalue weighted by atomic mass is 19.2. The first-order chi connectivity index (χ1) is 11.5. The molecule has 25 heavy (non-hydrogen) atoms. The van der Waals surface area contributed by atoms with Crippen LogP contribution < -0.4 is 0 Å². The Bertz CT molecular complexity index is 800. The van der Waals surface area contributed by atoms with Crippen molar-refractivity contribution >= 4 is 0 Å². The summed E-state index contributed by atoms with van der Waals surface area (Å²) in [4.78, 5) is 0. The molecule has 0 saturated carbocycles. The molecule has 2 aromatic carbocycles. The number of benzene rings is 2. The molecule has 0 spiro atoms. The summed E-state index contributed by atoms with van der Waals surface area (Å²) in [6, 6.07) is 0. The fourth-order valence-electron chi connectivity index (χ4n) is 2.14. The van der Waals surface area contributed by atoms with Crippen molar-refractivity contribution in [2.45, 2.75) is 19.5 Å². The minimum Gasteiger partial charge on any atom is -0.242 e. The predicted molar refractivity (Wildman–Crippen MR) is 64.8 cm³/mol. The molecule has 0 bridgehead atoms. The van der Waals surface area contributed by atoms with E-state index in [0.29, 0.717) is 6.92 Å². The summed E-state index contributed by atoms with van der Waals surface area (Å²) in [5, 5.41) is 0. The van der Waals surface area contributed by atoms with Gasteiger partial charge in [-0.25, -0.2) is 43.9 Å². The van der Waals surface area contributed by atoms with Crippen LogP contribution in [0, 0.1) is 59.3 Å². The SMILES string of the molecule is Cc1c(F)c(F)c(C(F)Cc2c(F)c(F)c(F)c(F)c2F)c(F)c1F. The van der Waals surface area contributed by atoms with Gasteiger partial charge in [-0.2, -0.15) is 0 Å². The van der Waals surface area contributed by atoms with Crippen LogP contribution in [0.3, 0.4) is 0 Å². The molecule has 1 unspecified atom stereocenters. The molecule has 10 heteroatoms. The van der Waals surface area contributed by atoms with Crippen molar-refractivity contribution in [2.24, 2.45) is 0 Å². The van der Waals surface area contributed by atoms with Crippen LogP contribution in [-0.2, 0) is 6.42 Å². The maximum Gasteiger partial charge on any atom is 0.200 e. The molecule has 0 saturated heterocycles. The second kappa shape index (κ2) is 6.57. The summed E-state index contributed by atoms with van der Waals surface area (Å²) in [5.74, 6) is -20.4. The Morgan fingerprint density at radius 3 is 1.32 bits per heavy atom. The van der Waals surface area contributed by atoms with Gasteiger partial charge in [0.15, 0.2) is 46.5 Å². The van der Waals surface area contributed by atoms with Gasteiger partial charge in [-0.1, -0.05) is 0 Å². The Kier molecular flexibility index (Phi) is 5.01. The smallest absolute Gasteiger partial charge is 0.200 e. The molecule has 0 amide bonds. The average Bonchev–Trinajstić information content (AvgIpc) is 2.58. The van der Waals surface area contributed by atoms with Crippen molar-refractivity contribution in [3.05, 3.63) is 69.0 Å². The van der Waals surface area contributed by atoms with Gasteiger partial charge in [0.05, 0.1) is 5.56 Å². The van der Waals surface area contributed by atoms with Crippen molar-refractivity contribution < 1.29 is 43.9 Å². The average molecular weight is 376 g/mol. The summed E-state index contributed by atoms with van der Waals surface area (Å²) < 4.78 is 134. The number of hydrogen-bond donors (Lipinski definition) is 0. The van der Waals surface area contributed by atoms with Gasteiger partial charge in [-0.3, -0.25) is 0 Å². The van der Waals surface area contributed by atoms with Crippen molar-refractivity contribution in [3.63, 3.8) is 0 Å². The van der Waals surface area contributed by atoms with E-state index in [2.05, 4.69) is 0 Å². The zero-order valence-electron chi connectivity index (χ0n) is 12.1. The van der Waals surface area contributed by atoms with Gasteiger partial charge in [0.2, 0.25) is 5.82 Å². The van der Waals surface area contributed by atoms with E-state index in [0.717, 1.165) is 0 Å². The van der Waals surface area contributed by atoms with E-state index in [1.165, 1.54) is 0 Å². The van der Waals surface area contributed by atoms with E-state index in [1.54, 1.807) is 0 Å². The number of hydrogen-bond acceptors (Lipinski definition) is 0. The van der Waals surface area contributed by atoms with Gasteiger partial charge >= 0.3 is 0 Å². The molecule has 2 aromatic rings. The molecule has 2 rings (SSSR count). The van der Waals surface area contributed by atoms with Gasteiger partial charge < -0.3 is 0 Å². The highest BCUT2D eigenvalue weighted by Crippen LogP contribution is 2.34.